The highest BCUT2D eigenvalue weighted by Crippen LogP contribution is 2.22. The zero-order chi connectivity index (χ0) is 13.9. The maximum absolute atomic E-state index is 11.5. The third kappa shape index (κ3) is 3.25. The van der Waals surface area contributed by atoms with Crippen molar-refractivity contribution < 1.29 is 4.73 Å². The molecule has 1 aromatic rings. The molecule has 0 amide bonds. The average Bonchev–Trinajstić information content (AvgIpc) is 2.98. The van der Waals surface area contributed by atoms with Gasteiger partial charge in [0.2, 0.25) is 0 Å². The summed E-state index contributed by atoms with van der Waals surface area (Å²) in [5.41, 5.74) is 1.05. The van der Waals surface area contributed by atoms with Crippen molar-refractivity contribution in [1.82, 2.24) is 9.80 Å². The van der Waals surface area contributed by atoms with Crippen LogP contribution in [0.1, 0.15) is 31.2 Å². The third-order valence-corrected chi connectivity index (χ3v) is 4.84. The third-order valence-electron chi connectivity index (χ3n) is 4.55. The van der Waals surface area contributed by atoms with Crippen molar-refractivity contribution in [1.29, 1.82) is 0 Å². The van der Waals surface area contributed by atoms with Gasteiger partial charge in [-0.15, -0.1) is 0 Å². The number of halogens is 1. The van der Waals surface area contributed by atoms with Crippen molar-refractivity contribution in [2.75, 3.05) is 26.2 Å². The number of pyridine rings is 1. The van der Waals surface area contributed by atoms with Crippen LogP contribution >= 0.6 is 11.6 Å². The fourth-order valence-electron chi connectivity index (χ4n) is 3.41. The maximum Gasteiger partial charge on any atom is 0.286 e. The lowest BCUT2D eigenvalue weighted by atomic mass is 10.0. The Morgan fingerprint density at radius 2 is 1.85 bits per heavy atom. The predicted octanol–water partition coefficient (Wildman–Crippen LogP) is 2.03. The molecule has 0 spiro atoms. The first-order valence-electron chi connectivity index (χ1n) is 7.56. The fraction of sp³-hybridized carbons (Fsp3) is 0.667. The molecule has 3 heterocycles. The van der Waals surface area contributed by atoms with Crippen LogP contribution in [0, 0.1) is 5.21 Å². The Hall–Kier alpha value is -0.840. The number of aromatic nitrogens is 1. The molecule has 2 aliphatic rings. The Morgan fingerprint density at radius 3 is 2.50 bits per heavy atom. The molecule has 110 valence electrons. The van der Waals surface area contributed by atoms with Gasteiger partial charge in [0.05, 0.1) is 0 Å². The van der Waals surface area contributed by atoms with E-state index in [1.165, 1.54) is 38.8 Å². The molecule has 3 rings (SSSR count). The van der Waals surface area contributed by atoms with Crippen molar-refractivity contribution in [2.24, 2.45) is 0 Å². The molecular weight excluding hydrogens is 274 g/mol. The van der Waals surface area contributed by atoms with E-state index < -0.39 is 0 Å². The summed E-state index contributed by atoms with van der Waals surface area (Å²) in [6.45, 7) is 5.69. The highest BCUT2D eigenvalue weighted by atomic mass is 35.5. The van der Waals surface area contributed by atoms with Crippen LogP contribution in [0.25, 0.3) is 0 Å². The molecule has 0 aromatic carbocycles. The van der Waals surface area contributed by atoms with Gasteiger partial charge in [0, 0.05) is 24.2 Å². The summed E-state index contributed by atoms with van der Waals surface area (Å²) in [6.07, 6.45) is 6.84. The molecule has 2 saturated heterocycles. The van der Waals surface area contributed by atoms with Gasteiger partial charge in [-0.25, -0.2) is 0 Å². The number of hydrogen-bond donors (Lipinski definition) is 0. The Morgan fingerprint density at radius 1 is 1.15 bits per heavy atom. The molecule has 2 aliphatic heterocycles. The lowest BCUT2D eigenvalue weighted by molar-refractivity contribution is -0.603. The molecule has 0 unspecified atom stereocenters. The van der Waals surface area contributed by atoms with Gasteiger partial charge in [0.25, 0.3) is 5.15 Å². The maximum atomic E-state index is 11.5. The second kappa shape index (κ2) is 6.29. The highest BCUT2D eigenvalue weighted by Gasteiger charge is 2.26. The minimum Gasteiger partial charge on any atom is -0.618 e. The molecule has 0 saturated carbocycles. The van der Waals surface area contributed by atoms with Gasteiger partial charge in [-0.1, -0.05) is 0 Å². The van der Waals surface area contributed by atoms with Crippen LogP contribution in [-0.2, 0) is 6.54 Å². The molecule has 0 bridgehead atoms. The Labute approximate surface area is 125 Å². The summed E-state index contributed by atoms with van der Waals surface area (Å²) < 4.78 is 0.744. The van der Waals surface area contributed by atoms with Crippen LogP contribution in [0.3, 0.4) is 0 Å². The number of nitrogens with zero attached hydrogens (tertiary/aromatic N) is 3. The first-order valence-corrected chi connectivity index (χ1v) is 7.94. The van der Waals surface area contributed by atoms with Crippen LogP contribution in [-0.4, -0.2) is 42.0 Å². The van der Waals surface area contributed by atoms with Gasteiger partial charge < -0.3 is 10.1 Å². The van der Waals surface area contributed by atoms with E-state index in [1.807, 2.05) is 6.07 Å². The number of rotatable bonds is 3. The smallest absolute Gasteiger partial charge is 0.286 e. The van der Waals surface area contributed by atoms with E-state index >= 15 is 0 Å². The summed E-state index contributed by atoms with van der Waals surface area (Å²) in [6, 6.07) is 4.41. The molecule has 4 nitrogen and oxygen atoms in total. The van der Waals surface area contributed by atoms with E-state index in [2.05, 4.69) is 9.80 Å². The Balaban J connectivity index is 1.51. The normalized spacial score (nSPS) is 22.4. The Kier molecular flexibility index (Phi) is 4.44. The molecule has 2 fully saturated rings. The van der Waals surface area contributed by atoms with Gasteiger partial charge in [0.1, 0.15) is 0 Å². The van der Waals surface area contributed by atoms with E-state index in [4.69, 9.17) is 11.6 Å². The lowest BCUT2D eigenvalue weighted by Crippen LogP contribution is -2.43. The standard InChI is InChI=1S/C15H22ClN3O/c16-15-4-3-13(12-19(15)20)11-17-9-5-14(6-10-17)18-7-1-2-8-18/h3-4,12,14H,1-2,5-11H2. The zero-order valence-corrected chi connectivity index (χ0v) is 12.6. The Bertz CT molecular complexity index is 454. The van der Waals surface area contributed by atoms with E-state index in [-0.39, 0.29) is 5.15 Å². The van der Waals surface area contributed by atoms with Crippen molar-refractivity contribution in [2.45, 2.75) is 38.3 Å². The quantitative estimate of drug-likeness (QED) is 0.486. The van der Waals surface area contributed by atoms with Gasteiger partial charge >= 0.3 is 0 Å². The van der Waals surface area contributed by atoms with E-state index in [0.717, 1.165) is 36.0 Å². The number of hydrogen-bond acceptors (Lipinski definition) is 3. The molecule has 0 aliphatic carbocycles. The van der Waals surface area contributed by atoms with Crippen molar-refractivity contribution >= 4 is 11.6 Å². The van der Waals surface area contributed by atoms with Crippen molar-refractivity contribution in [3.63, 3.8) is 0 Å². The monoisotopic (exact) mass is 295 g/mol. The molecule has 0 radical (unpaired) electrons. The molecule has 20 heavy (non-hydrogen) atoms. The minimum atomic E-state index is 0.237. The first kappa shape index (κ1) is 14.1. The minimum absolute atomic E-state index is 0.237. The number of piperidine rings is 1. The second-order valence-corrected chi connectivity index (χ2v) is 6.32. The van der Waals surface area contributed by atoms with E-state index in [1.54, 1.807) is 12.3 Å². The first-order chi connectivity index (χ1) is 9.72. The molecule has 0 atom stereocenters. The van der Waals surface area contributed by atoms with Crippen molar-refractivity contribution in [3.8, 4) is 0 Å². The summed E-state index contributed by atoms with van der Waals surface area (Å²) in [5, 5.41) is 11.7. The summed E-state index contributed by atoms with van der Waals surface area (Å²) >= 11 is 5.75. The van der Waals surface area contributed by atoms with E-state index in [0.29, 0.717) is 0 Å². The topological polar surface area (TPSA) is 33.4 Å². The van der Waals surface area contributed by atoms with Gasteiger partial charge in [-0.3, -0.25) is 4.90 Å². The van der Waals surface area contributed by atoms with Crippen LogP contribution in [0.2, 0.25) is 5.15 Å². The second-order valence-electron chi connectivity index (χ2n) is 5.94. The van der Waals surface area contributed by atoms with Gasteiger partial charge in [-0.05, 0) is 69.5 Å². The molecular formula is C15H22ClN3O. The summed E-state index contributed by atoms with van der Waals surface area (Å²) in [7, 11) is 0. The van der Waals surface area contributed by atoms with Crippen LogP contribution in [0.5, 0.6) is 0 Å². The number of likely N-dealkylation sites (tertiary alicyclic amines) is 2. The van der Waals surface area contributed by atoms with Gasteiger partial charge in [0.15, 0.2) is 6.20 Å². The van der Waals surface area contributed by atoms with Gasteiger partial charge in [-0.2, -0.15) is 4.73 Å². The molecule has 0 N–H and O–H groups in total. The summed E-state index contributed by atoms with van der Waals surface area (Å²) in [4.78, 5) is 5.10. The zero-order valence-electron chi connectivity index (χ0n) is 11.8. The molecule has 5 heteroatoms. The average molecular weight is 296 g/mol. The SMILES string of the molecule is [O-][n+]1cc(CN2CCC(N3CCCC3)CC2)ccc1Cl. The summed E-state index contributed by atoms with van der Waals surface area (Å²) in [5.74, 6) is 0. The molecule has 1 aromatic heterocycles. The fourth-order valence-corrected chi connectivity index (χ4v) is 3.52. The largest absolute Gasteiger partial charge is 0.618 e. The van der Waals surface area contributed by atoms with Crippen LogP contribution in [0.4, 0.5) is 0 Å². The van der Waals surface area contributed by atoms with E-state index in [9.17, 15) is 5.21 Å². The van der Waals surface area contributed by atoms with Crippen LogP contribution < -0.4 is 4.73 Å². The predicted molar refractivity (Wildman–Crippen MR) is 79.5 cm³/mol. The lowest BCUT2D eigenvalue weighted by Gasteiger charge is -2.36. The van der Waals surface area contributed by atoms with Crippen molar-refractivity contribution in [3.05, 3.63) is 34.3 Å². The highest BCUT2D eigenvalue weighted by molar-refractivity contribution is 6.28. The van der Waals surface area contributed by atoms with Crippen LogP contribution in [0.15, 0.2) is 18.3 Å².